The molecule has 0 bridgehead atoms. The number of hydrogen-bond donors (Lipinski definition) is 1. The predicted molar refractivity (Wildman–Crippen MR) is 98.2 cm³/mol. The van der Waals surface area contributed by atoms with E-state index in [-0.39, 0.29) is 24.0 Å². The molecule has 7 nitrogen and oxygen atoms in total. The van der Waals surface area contributed by atoms with Gasteiger partial charge in [0.05, 0.1) is 23.6 Å². The molecule has 1 aliphatic carbocycles. The van der Waals surface area contributed by atoms with Gasteiger partial charge in [0.1, 0.15) is 5.00 Å². The molecule has 0 fully saturated rings. The summed E-state index contributed by atoms with van der Waals surface area (Å²) in [6, 6.07) is 5.47. The van der Waals surface area contributed by atoms with Crippen LogP contribution in [0.15, 0.2) is 24.3 Å². The zero-order chi connectivity index (χ0) is 18.7. The Balaban J connectivity index is 1.74. The highest BCUT2D eigenvalue weighted by molar-refractivity contribution is 7.16. The average Bonchev–Trinajstić information content (AvgIpc) is 3.20. The third kappa shape index (κ3) is 3.60. The number of carbonyl (C=O) groups is 2. The minimum Gasteiger partial charge on any atom is -0.462 e. The summed E-state index contributed by atoms with van der Waals surface area (Å²) >= 11 is 1.49. The molecule has 136 valence electrons. The molecule has 1 heterocycles. The van der Waals surface area contributed by atoms with Crippen molar-refractivity contribution >= 4 is 33.8 Å². The Morgan fingerprint density at radius 3 is 2.65 bits per heavy atom. The molecule has 1 aliphatic rings. The second kappa shape index (κ2) is 7.65. The largest absolute Gasteiger partial charge is 0.462 e. The van der Waals surface area contributed by atoms with Crippen LogP contribution in [-0.2, 0) is 17.6 Å². The van der Waals surface area contributed by atoms with Crippen molar-refractivity contribution in [3.05, 3.63) is 55.9 Å². The van der Waals surface area contributed by atoms with Gasteiger partial charge < -0.3 is 10.1 Å². The normalized spacial score (nSPS) is 12.5. The van der Waals surface area contributed by atoms with Crippen molar-refractivity contribution in [3.63, 3.8) is 0 Å². The van der Waals surface area contributed by atoms with E-state index in [1.165, 1.54) is 40.5 Å². The molecule has 0 atom stereocenters. The van der Waals surface area contributed by atoms with Gasteiger partial charge in [-0.1, -0.05) is 0 Å². The maximum atomic E-state index is 12.3. The smallest absolute Gasteiger partial charge is 0.341 e. The first-order valence-electron chi connectivity index (χ1n) is 8.34. The number of benzene rings is 1. The Labute approximate surface area is 154 Å². The first kappa shape index (κ1) is 18.1. The summed E-state index contributed by atoms with van der Waals surface area (Å²) in [6.45, 7) is 2.06. The minimum atomic E-state index is -0.509. The number of anilines is 1. The number of rotatable bonds is 7. The van der Waals surface area contributed by atoms with E-state index in [9.17, 15) is 19.7 Å². The van der Waals surface area contributed by atoms with Crippen LogP contribution < -0.4 is 5.32 Å². The fraction of sp³-hybridized carbons (Fsp3) is 0.333. The molecule has 8 heteroatoms. The molecule has 2 aromatic rings. The van der Waals surface area contributed by atoms with Crippen LogP contribution in [0, 0.1) is 10.1 Å². The summed E-state index contributed by atoms with van der Waals surface area (Å²) < 4.78 is 5.16. The fourth-order valence-corrected chi connectivity index (χ4v) is 4.25. The molecule has 0 saturated carbocycles. The van der Waals surface area contributed by atoms with Gasteiger partial charge >= 0.3 is 5.97 Å². The van der Waals surface area contributed by atoms with Crippen molar-refractivity contribution in [3.8, 4) is 0 Å². The Morgan fingerprint density at radius 1 is 1.27 bits per heavy atom. The number of esters is 1. The first-order chi connectivity index (χ1) is 12.5. The molecule has 1 aromatic carbocycles. The zero-order valence-corrected chi connectivity index (χ0v) is 15.1. The Hall–Kier alpha value is -2.74. The number of fused-ring (bicyclic) bond motifs is 1. The number of nitro groups is 1. The van der Waals surface area contributed by atoms with Gasteiger partial charge in [0.25, 0.3) is 5.69 Å². The number of hydrogen-bond acceptors (Lipinski definition) is 7. The summed E-state index contributed by atoms with van der Waals surface area (Å²) in [5, 5.41) is 14.4. The van der Waals surface area contributed by atoms with Crippen LogP contribution in [0.25, 0.3) is 0 Å². The van der Waals surface area contributed by atoms with Crippen LogP contribution >= 0.6 is 11.3 Å². The van der Waals surface area contributed by atoms with Crippen molar-refractivity contribution in [2.24, 2.45) is 0 Å². The van der Waals surface area contributed by atoms with E-state index in [1.807, 2.05) is 0 Å². The number of carbonyl (C=O) groups excluding carboxylic acids is 2. The SMILES string of the molecule is CCOC(=O)c1c(NCC(=O)c2ccc([N+](=O)[O-])cc2)sc2c1CCC2. The summed E-state index contributed by atoms with van der Waals surface area (Å²) in [7, 11) is 0. The third-order valence-corrected chi connectivity index (χ3v) is 5.46. The molecule has 0 saturated heterocycles. The lowest BCUT2D eigenvalue weighted by atomic mass is 10.1. The standard InChI is InChI=1S/C18H18N2O5S/c1-2-25-18(22)16-13-4-3-5-15(13)26-17(16)19-10-14(21)11-6-8-12(9-7-11)20(23)24/h6-9,19H,2-5,10H2,1H3. The van der Waals surface area contributed by atoms with Gasteiger partial charge in [-0.05, 0) is 43.9 Å². The Kier molecular flexibility index (Phi) is 5.32. The van der Waals surface area contributed by atoms with Crippen molar-refractivity contribution in [1.82, 2.24) is 0 Å². The number of nitro benzene ring substituents is 1. The number of nitrogens with zero attached hydrogens (tertiary/aromatic N) is 1. The molecule has 1 N–H and O–H groups in total. The van der Waals surface area contributed by atoms with Crippen molar-refractivity contribution in [1.29, 1.82) is 0 Å². The highest BCUT2D eigenvalue weighted by atomic mass is 32.1. The molecule has 0 amide bonds. The number of nitrogens with one attached hydrogen (secondary N) is 1. The number of ether oxygens (including phenoxy) is 1. The fourth-order valence-electron chi connectivity index (χ4n) is 2.98. The molecule has 0 radical (unpaired) electrons. The zero-order valence-electron chi connectivity index (χ0n) is 14.2. The lowest BCUT2D eigenvalue weighted by Crippen LogP contribution is -2.16. The lowest BCUT2D eigenvalue weighted by molar-refractivity contribution is -0.384. The molecule has 0 unspecified atom stereocenters. The monoisotopic (exact) mass is 374 g/mol. The lowest BCUT2D eigenvalue weighted by Gasteiger charge is -2.08. The predicted octanol–water partition coefficient (Wildman–Crippen LogP) is 3.62. The van der Waals surface area contributed by atoms with Crippen molar-refractivity contribution in [2.75, 3.05) is 18.5 Å². The van der Waals surface area contributed by atoms with Crippen LogP contribution in [0.3, 0.4) is 0 Å². The first-order valence-corrected chi connectivity index (χ1v) is 9.16. The summed E-state index contributed by atoms with van der Waals surface area (Å²) in [5.41, 5.74) is 1.89. The van der Waals surface area contributed by atoms with E-state index >= 15 is 0 Å². The van der Waals surface area contributed by atoms with Crippen molar-refractivity contribution in [2.45, 2.75) is 26.2 Å². The van der Waals surface area contributed by atoms with Gasteiger partial charge in [-0.3, -0.25) is 14.9 Å². The van der Waals surface area contributed by atoms with E-state index in [0.717, 1.165) is 24.8 Å². The molecule has 1 aromatic heterocycles. The van der Waals surface area contributed by atoms with Gasteiger partial charge in [0, 0.05) is 22.6 Å². The number of ketones is 1. The van der Waals surface area contributed by atoms with Crippen LogP contribution in [0.5, 0.6) is 0 Å². The van der Waals surface area contributed by atoms with Gasteiger partial charge in [-0.2, -0.15) is 0 Å². The summed E-state index contributed by atoms with van der Waals surface area (Å²) in [4.78, 5) is 36.0. The Bertz CT molecular complexity index is 857. The van der Waals surface area contributed by atoms with Gasteiger partial charge in [0.15, 0.2) is 5.78 Å². The Morgan fingerprint density at radius 2 is 2.00 bits per heavy atom. The van der Waals surface area contributed by atoms with Crippen molar-refractivity contribution < 1.29 is 19.2 Å². The minimum absolute atomic E-state index is 0.00358. The van der Waals surface area contributed by atoms with Gasteiger partial charge in [-0.25, -0.2) is 4.79 Å². The van der Waals surface area contributed by atoms with Crippen LogP contribution in [-0.4, -0.2) is 29.8 Å². The third-order valence-electron chi connectivity index (χ3n) is 4.21. The molecule has 0 spiro atoms. The quantitative estimate of drug-likeness (QED) is 0.344. The number of Topliss-reactive ketones (excluding diaryl/α,β-unsaturated/α-hetero) is 1. The van der Waals surface area contributed by atoms with E-state index in [1.54, 1.807) is 6.92 Å². The highest BCUT2D eigenvalue weighted by Gasteiger charge is 2.27. The molecular weight excluding hydrogens is 356 g/mol. The van der Waals surface area contributed by atoms with Crippen LogP contribution in [0.1, 0.15) is 44.5 Å². The van der Waals surface area contributed by atoms with Gasteiger partial charge in [-0.15, -0.1) is 11.3 Å². The molecular formula is C18H18N2O5S. The highest BCUT2D eigenvalue weighted by Crippen LogP contribution is 2.39. The van der Waals surface area contributed by atoms with Gasteiger partial charge in [0.2, 0.25) is 0 Å². The van der Waals surface area contributed by atoms with E-state index in [0.29, 0.717) is 22.7 Å². The number of non-ortho nitro benzene ring substituents is 1. The van der Waals surface area contributed by atoms with E-state index in [2.05, 4.69) is 5.32 Å². The molecule has 3 rings (SSSR count). The maximum Gasteiger partial charge on any atom is 0.341 e. The second-order valence-electron chi connectivity index (χ2n) is 5.86. The summed E-state index contributed by atoms with van der Waals surface area (Å²) in [5.74, 6) is -0.569. The van der Waals surface area contributed by atoms with Crippen LogP contribution in [0.2, 0.25) is 0 Å². The number of aryl methyl sites for hydroxylation is 1. The molecule has 26 heavy (non-hydrogen) atoms. The van der Waals surface area contributed by atoms with E-state index < -0.39 is 4.92 Å². The second-order valence-corrected chi connectivity index (χ2v) is 6.97. The van der Waals surface area contributed by atoms with E-state index in [4.69, 9.17) is 4.74 Å². The average molecular weight is 374 g/mol. The summed E-state index contributed by atoms with van der Waals surface area (Å²) in [6.07, 6.45) is 2.80. The number of thiophene rings is 1. The molecule has 0 aliphatic heterocycles. The van der Waals surface area contributed by atoms with Crippen LogP contribution in [0.4, 0.5) is 10.7 Å². The topological polar surface area (TPSA) is 98.5 Å². The maximum absolute atomic E-state index is 12.3.